The number of nitrogens with zero attached hydrogens (tertiary/aromatic N) is 5. The van der Waals surface area contributed by atoms with Crippen molar-refractivity contribution in [3.8, 4) is 16.9 Å². The third-order valence-corrected chi connectivity index (χ3v) is 9.17. The fraction of sp³-hybridized carbons (Fsp3) is 0.324. The number of likely N-dealkylation sites (tertiary alicyclic amines) is 1. The highest BCUT2D eigenvalue weighted by molar-refractivity contribution is 7.81. The summed E-state index contributed by atoms with van der Waals surface area (Å²) in [7, 11) is 3.92. The summed E-state index contributed by atoms with van der Waals surface area (Å²) in [6.07, 6.45) is 3.79. The summed E-state index contributed by atoms with van der Waals surface area (Å²) in [5.41, 5.74) is 10.6. The predicted octanol–water partition coefficient (Wildman–Crippen LogP) is 6.12. The van der Waals surface area contributed by atoms with E-state index in [0.29, 0.717) is 11.3 Å². The average Bonchev–Trinajstić information content (AvgIpc) is 3.70. The highest BCUT2D eigenvalue weighted by Crippen LogP contribution is 2.38. The number of carbonyl (C=O) groups excluding carboxylic acids is 1. The first-order valence-corrected chi connectivity index (χ1v) is 16.3. The molecule has 51 heavy (non-hydrogen) atoms. The number of aromatic nitrogens is 4. The number of alkyl halides is 3. The number of amides is 1. The molecule has 3 N–H and O–H groups in total. The number of nitrogens with two attached hydrogens (primary N) is 1. The molecule has 11 nitrogen and oxygen atoms in total. The molecule has 2 aliphatic rings. The first-order chi connectivity index (χ1) is 24.0. The van der Waals surface area contributed by atoms with Gasteiger partial charge < -0.3 is 25.2 Å². The van der Waals surface area contributed by atoms with E-state index in [0.717, 1.165) is 48.1 Å². The maximum absolute atomic E-state index is 14.9. The first-order valence-electron chi connectivity index (χ1n) is 15.6. The standard InChI is InChI=1S/C32H32ClFN6O3S.C2HF3O2/c1-18(23-5-6-25(34)30(29(23)33)43-22-8-10-38(2)11-9-22)42-28-14-21(13-24(31(28)44)32(35)41)40-17-36-26-12-19(4-7-27(26)40)20-15-37-39(3)16-20;3-2(4,5)1(6)7/h4-7,12-18,22,28H,8-11H2,1-3H3,(H2,35,41);(H,6,7)/t18-,28?;/m1./s1. The monoisotopic (exact) mass is 748 g/mol. The Labute approximate surface area is 299 Å². The largest absolute Gasteiger partial charge is 0.490 e. The zero-order chi connectivity index (χ0) is 37.2. The Morgan fingerprint density at radius 2 is 1.82 bits per heavy atom. The van der Waals surface area contributed by atoms with Gasteiger partial charge in [0.05, 0.1) is 38.8 Å². The van der Waals surface area contributed by atoms with E-state index in [1.807, 2.05) is 49.1 Å². The maximum Gasteiger partial charge on any atom is 0.490 e. The molecule has 0 radical (unpaired) electrons. The highest BCUT2D eigenvalue weighted by atomic mass is 35.5. The number of carboxylic acids is 1. The van der Waals surface area contributed by atoms with Gasteiger partial charge in [-0.1, -0.05) is 36.0 Å². The molecule has 0 saturated carbocycles. The van der Waals surface area contributed by atoms with Crippen molar-refractivity contribution in [1.29, 1.82) is 0 Å². The molecule has 2 aromatic heterocycles. The van der Waals surface area contributed by atoms with E-state index < -0.39 is 36.1 Å². The summed E-state index contributed by atoms with van der Waals surface area (Å²) >= 11 is 12.4. The third kappa shape index (κ3) is 8.64. The second-order valence-corrected chi connectivity index (χ2v) is 12.8. The molecule has 1 aliphatic heterocycles. The van der Waals surface area contributed by atoms with E-state index >= 15 is 0 Å². The molecule has 1 amide bonds. The summed E-state index contributed by atoms with van der Waals surface area (Å²) in [5.74, 6) is -3.94. The van der Waals surface area contributed by atoms with Crippen LogP contribution in [0.3, 0.4) is 0 Å². The number of rotatable bonds is 8. The van der Waals surface area contributed by atoms with E-state index in [1.165, 1.54) is 6.07 Å². The molecule has 3 heterocycles. The van der Waals surface area contributed by atoms with Crippen LogP contribution in [0.1, 0.15) is 31.4 Å². The normalized spacial score (nSPS) is 17.7. The summed E-state index contributed by atoms with van der Waals surface area (Å²) < 4.78 is 62.7. The van der Waals surface area contributed by atoms with Gasteiger partial charge in [0.1, 0.15) is 18.5 Å². The van der Waals surface area contributed by atoms with Crippen molar-refractivity contribution in [2.24, 2.45) is 12.8 Å². The Balaban J connectivity index is 0.000000654. The van der Waals surface area contributed by atoms with Gasteiger partial charge in [0.25, 0.3) is 0 Å². The minimum Gasteiger partial charge on any atom is -0.486 e. The van der Waals surface area contributed by atoms with Gasteiger partial charge in [0.15, 0.2) is 11.6 Å². The zero-order valence-electron chi connectivity index (χ0n) is 27.5. The quantitative estimate of drug-likeness (QED) is 0.161. The molecule has 1 saturated heterocycles. The van der Waals surface area contributed by atoms with Crippen LogP contribution < -0.4 is 10.5 Å². The molecule has 0 spiro atoms. The second kappa shape index (κ2) is 15.3. The van der Waals surface area contributed by atoms with Gasteiger partial charge in [-0.15, -0.1) is 0 Å². The first kappa shape index (κ1) is 37.6. The van der Waals surface area contributed by atoms with Gasteiger partial charge in [-0.2, -0.15) is 18.3 Å². The van der Waals surface area contributed by atoms with Crippen LogP contribution in [0.5, 0.6) is 5.75 Å². The van der Waals surface area contributed by atoms with Crippen LogP contribution in [0.4, 0.5) is 17.6 Å². The number of halogens is 5. The van der Waals surface area contributed by atoms with Crippen LogP contribution in [0.2, 0.25) is 5.02 Å². The highest BCUT2D eigenvalue weighted by Gasteiger charge is 2.38. The van der Waals surface area contributed by atoms with Crippen LogP contribution in [0.15, 0.2) is 66.8 Å². The number of benzene rings is 2. The smallest absolute Gasteiger partial charge is 0.486 e. The minimum absolute atomic E-state index is 0.0184. The minimum atomic E-state index is -5.08. The number of hydrogen-bond donors (Lipinski definition) is 2. The molecule has 2 atom stereocenters. The van der Waals surface area contributed by atoms with Crippen molar-refractivity contribution in [1.82, 2.24) is 24.2 Å². The van der Waals surface area contributed by atoms with Crippen LogP contribution in [0, 0.1) is 5.82 Å². The Hall–Kier alpha value is -4.64. The summed E-state index contributed by atoms with van der Waals surface area (Å²) in [6, 6.07) is 8.83. The number of aryl methyl sites for hydroxylation is 1. The van der Waals surface area contributed by atoms with Crippen molar-refractivity contribution in [2.45, 2.75) is 44.3 Å². The summed E-state index contributed by atoms with van der Waals surface area (Å²) in [5, 5.41) is 11.5. The number of fused-ring (bicyclic) bond motifs is 1. The van der Waals surface area contributed by atoms with Crippen molar-refractivity contribution in [3.63, 3.8) is 0 Å². The number of allylic oxidation sites excluding steroid dienone is 2. The lowest BCUT2D eigenvalue weighted by Crippen LogP contribution is -2.35. The molecule has 2 aromatic carbocycles. The number of primary amides is 1. The molecule has 270 valence electrons. The third-order valence-electron chi connectivity index (χ3n) is 8.33. The summed E-state index contributed by atoms with van der Waals surface area (Å²) in [6.45, 7) is 3.53. The molecule has 6 rings (SSSR count). The number of piperidine rings is 1. The molecule has 1 fully saturated rings. The van der Waals surface area contributed by atoms with E-state index in [9.17, 15) is 22.4 Å². The van der Waals surface area contributed by atoms with Crippen LogP contribution in [-0.4, -0.2) is 84.6 Å². The lowest BCUT2D eigenvalue weighted by molar-refractivity contribution is -0.192. The number of hydrogen-bond acceptors (Lipinski definition) is 8. The van der Waals surface area contributed by atoms with E-state index in [4.69, 9.17) is 48.9 Å². The van der Waals surface area contributed by atoms with Gasteiger partial charge in [-0.3, -0.25) is 14.0 Å². The van der Waals surface area contributed by atoms with E-state index in [2.05, 4.69) is 15.0 Å². The molecule has 0 bridgehead atoms. The Morgan fingerprint density at radius 3 is 2.43 bits per heavy atom. The number of carboxylic acid groups (broad SMARTS) is 1. The number of thiocarbonyl (C=S) groups is 1. The summed E-state index contributed by atoms with van der Waals surface area (Å²) in [4.78, 5) is 28.4. The van der Waals surface area contributed by atoms with Crippen molar-refractivity contribution < 1.29 is 41.7 Å². The maximum atomic E-state index is 14.9. The molecule has 4 aromatic rings. The number of imidazole rings is 1. The number of carbonyl (C=O) groups is 2. The van der Waals surface area contributed by atoms with Gasteiger partial charge in [0.2, 0.25) is 5.91 Å². The lowest BCUT2D eigenvalue weighted by Gasteiger charge is -2.30. The number of ether oxygens (including phenoxy) is 2. The number of aliphatic carboxylic acids is 1. The van der Waals surface area contributed by atoms with Gasteiger partial charge in [-0.05, 0) is 62.7 Å². The van der Waals surface area contributed by atoms with Crippen molar-refractivity contribution in [2.75, 3.05) is 20.1 Å². The van der Waals surface area contributed by atoms with Gasteiger partial charge in [0, 0.05) is 43.2 Å². The van der Waals surface area contributed by atoms with Gasteiger partial charge in [-0.25, -0.2) is 14.2 Å². The predicted molar refractivity (Wildman–Crippen MR) is 186 cm³/mol. The molecular formula is C34H33ClF4N6O5S. The van der Waals surface area contributed by atoms with Crippen LogP contribution in [0.25, 0.3) is 27.9 Å². The topological polar surface area (TPSA) is 138 Å². The van der Waals surface area contributed by atoms with Crippen molar-refractivity contribution in [3.05, 3.63) is 83.2 Å². The molecule has 1 aliphatic carbocycles. The van der Waals surface area contributed by atoms with Crippen LogP contribution in [-0.2, 0) is 21.4 Å². The lowest BCUT2D eigenvalue weighted by atomic mass is 9.98. The Bertz CT molecular complexity index is 2040. The Kier molecular flexibility index (Phi) is 11.3. The fourth-order valence-corrected chi connectivity index (χ4v) is 6.23. The average molecular weight is 749 g/mol. The molecule has 1 unspecified atom stereocenters. The van der Waals surface area contributed by atoms with Gasteiger partial charge >= 0.3 is 12.1 Å². The SMILES string of the molecule is C[C@@H](OC1C=C(n2cnc3cc(-c4cnn(C)c4)ccc32)C=C(C(N)=O)C1=S)c1ccc(F)c(OC2CCN(C)CC2)c1Cl.O=C(O)C(F)(F)F. The van der Waals surface area contributed by atoms with E-state index in [1.54, 1.807) is 36.3 Å². The fourth-order valence-electron chi connectivity index (χ4n) is 5.60. The van der Waals surface area contributed by atoms with E-state index in [-0.39, 0.29) is 27.3 Å². The zero-order valence-corrected chi connectivity index (χ0v) is 29.1. The molecule has 17 heteroatoms. The molecular weight excluding hydrogens is 716 g/mol. The second-order valence-electron chi connectivity index (χ2n) is 12.0. The van der Waals surface area contributed by atoms with Crippen molar-refractivity contribution >= 4 is 57.3 Å². The van der Waals surface area contributed by atoms with Crippen LogP contribution >= 0.6 is 23.8 Å². The Morgan fingerprint density at radius 1 is 1.14 bits per heavy atom.